The maximum atomic E-state index is 6.59. The number of rotatable bonds is 2. The van der Waals surface area contributed by atoms with Crippen LogP contribution >= 0.6 is 0 Å². The van der Waals surface area contributed by atoms with E-state index in [1.54, 1.807) is 0 Å². The summed E-state index contributed by atoms with van der Waals surface area (Å²) in [5.74, 6) is 0. The molecule has 2 aromatic heterocycles. The number of furan rings is 1. The van der Waals surface area contributed by atoms with Crippen molar-refractivity contribution in [3.05, 3.63) is 82.9 Å². The normalized spacial score (nSPS) is 16.9. The lowest BCUT2D eigenvalue weighted by atomic mass is 9.77. The molecule has 1 aliphatic heterocycles. The topological polar surface area (TPSA) is 36.5 Å². The molecule has 0 spiro atoms. The highest BCUT2D eigenvalue weighted by atomic mass is 16.7. The quantitative estimate of drug-likeness (QED) is 0.218. The van der Waals surface area contributed by atoms with Gasteiger partial charge < -0.3 is 18.3 Å². The minimum Gasteiger partial charge on any atom is -0.456 e. The Bertz CT molecular complexity index is 1890. The summed E-state index contributed by atoms with van der Waals surface area (Å²) in [6, 6.07) is 21.9. The van der Waals surface area contributed by atoms with Gasteiger partial charge in [0, 0.05) is 32.7 Å². The van der Waals surface area contributed by atoms with Gasteiger partial charge in [0.1, 0.15) is 11.2 Å². The minimum absolute atomic E-state index is 0.457. The summed E-state index contributed by atoms with van der Waals surface area (Å²) in [7, 11) is -0.544. The molecule has 5 heteroatoms. The number of aromatic nitrogens is 1. The number of fused-ring (bicyclic) bond motifs is 6. The van der Waals surface area contributed by atoms with Gasteiger partial charge >= 0.3 is 7.12 Å². The fourth-order valence-corrected chi connectivity index (χ4v) is 6.41. The lowest BCUT2D eigenvalue weighted by molar-refractivity contribution is 0.00578. The van der Waals surface area contributed by atoms with E-state index < -0.39 is 18.3 Å². The van der Waals surface area contributed by atoms with E-state index >= 15 is 0 Å². The smallest absolute Gasteiger partial charge is 0.456 e. The van der Waals surface area contributed by atoms with Gasteiger partial charge in [-0.25, -0.2) is 0 Å². The predicted molar refractivity (Wildman–Crippen MR) is 163 cm³/mol. The van der Waals surface area contributed by atoms with Crippen LogP contribution in [0, 0.1) is 27.7 Å². The third-order valence-corrected chi connectivity index (χ3v) is 8.88. The number of hydrogen-bond donors (Lipinski definition) is 0. The van der Waals surface area contributed by atoms with Crippen LogP contribution in [0.25, 0.3) is 49.4 Å². The second kappa shape index (κ2) is 8.00. The first-order valence-electron chi connectivity index (χ1n) is 13.8. The first kappa shape index (κ1) is 24.5. The van der Waals surface area contributed by atoms with Crippen molar-refractivity contribution in [2.45, 2.75) is 66.6 Å². The van der Waals surface area contributed by atoms with Crippen LogP contribution in [0.3, 0.4) is 0 Å². The second-order valence-corrected chi connectivity index (χ2v) is 12.4. The highest BCUT2D eigenvalue weighted by Gasteiger charge is 2.52. The Morgan fingerprint density at radius 3 is 1.79 bits per heavy atom. The fraction of sp³-hybridized carbons (Fsp3) is 0.294. The van der Waals surface area contributed by atoms with Crippen molar-refractivity contribution in [1.82, 2.24) is 4.57 Å². The molecule has 0 saturated carbocycles. The van der Waals surface area contributed by atoms with Gasteiger partial charge in [0.15, 0.2) is 0 Å². The van der Waals surface area contributed by atoms with Crippen LogP contribution < -0.4 is 5.46 Å². The monoisotopic (exact) mass is 515 g/mol. The van der Waals surface area contributed by atoms with Crippen molar-refractivity contribution in [1.29, 1.82) is 0 Å². The fourth-order valence-electron chi connectivity index (χ4n) is 6.41. The van der Waals surface area contributed by atoms with Crippen LogP contribution in [0.4, 0.5) is 0 Å². The summed E-state index contributed by atoms with van der Waals surface area (Å²) in [6.45, 7) is 17.2. The maximum absolute atomic E-state index is 6.59. The zero-order valence-corrected chi connectivity index (χ0v) is 24.0. The van der Waals surface area contributed by atoms with E-state index in [-0.39, 0.29) is 0 Å². The van der Waals surface area contributed by atoms with E-state index in [1.165, 1.54) is 44.1 Å². The van der Waals surface area contributed by atoms with E-state index in [9.17, 15) is 0 Å². The lowest BCUT2D eigenvalue weighted by Crippen LogP contribution is -2.41. The molecule has 39 heavy (non-hydrogen) atoms. The van der Waals surface area contributed by atoms with Crippen LogP contribution in [-0.2, 0) is 9.31 Å². The van der Waals surface area contributed by atoms with Crippen molar-refractivity contribution >= 4 is 56.3 Å². The molecule has 3 heterocycles. The summed E-state index contributed by atoms with van der Waals surface area (Å²) in [5, 5.41) is 4.72. The van der Waals surface area contributed by atoms with Crippen LogP contribution in [0.15, 0.2) is 65.1 Å². The molecule has 6 aromatic rings. The van der Waals surface area contributed by atoms with Crippen molar-refractivity contribution in [2.24, 2.45) is 0 Å². The Hall–Kier alpha value is -3.54. The Balaban J connectivity index is 1.62. The highest BCUT2D eigenvalue weighted by Crippen LogP contribution is 2.41. The molecule has 0 radical (unpaired) electrons. The summed E-state index contributed by atoms with van der Waals surface area (Å²) in [6.07, 6.45) is 0. The van der Waals surface area contributed by atoms with Gasteiger partial charge in [-0.2, -0.15) is 0 Å². The van der Waals surface area contributed by atoms with E-state index in [4.69, 9.17) is 13.7 Å². The largest absolute Gasteiger partial charge is 0.498 e. The van der Waals surface area contributed by atoms with E-state index in [0.29, 0.717) is 0 Å². The molecule has 1 aliphatic rings. The van der Waals surface area contributed by atoms with E-state index in [0.717, 1.165) is 33.1 Å². The Morgan fingerprint density at radius 1 is 0.641 bits per heavy atom. The molecule has 196 valence electrons. The van der Waals surface area contributed by atoms with Crippen molar-refractivity contribution in [3.8, 4) is 5.69 Å². The summed E-state index contributed by atoms with van der Waals surface area (Å²) in [5.41, 5.74) is 10.3. The zero-order chi connectivity index (χ0) is 27.4. The summed E-state index contributed by atoms with van der Waals surface area (Å²) in [4.78, 5) is 0. The maximum Gasteiger partial charge on any atom is 0.498 e. The molecule has 0 bridgehead atoms. The third-order valence-electron chi connectivity index (χ3n) is 8.88. The van der Waals surface area contributed by atoms with Crippen molar-refractivity contribution in [3.63, 3.8) is 0 Å². The number of nitrogens with zero attached hydrogens (tertiary/aromatic N) is 1. The van der Waals surface area contributed by atoms with Gasteiger partial charge in [0.2, 0.25) is 0 Å². The van der Waals surface area contributed by atoms with Gasteiger partial charge in [-0.1, -0.05) is 41.5 Å². The zero-order valence-electron chi connectivity index (χ0n) is 24.0. The Morgan fingerprint density at radius 2 is 1.21 bits per heavy atom. The molecular formula is C34H34BNO3. The van der Waals surface area contributed by atoms with Gasteiger partial charge in [0.25, 0.3) is 0 Å². The molecule has 4 nitrogen and oxygen atoms in total. The second-order valence-electron chi connectivity index (χ2n) is 12.4. The Labute approximate surface area is 229 Å². The van der Waals surface area contributed by atoms with E-state index in [1.807, 2.05) is 12.1 Å². The van der Waals surface area contributed by atoms with Gasteiger partial charge in [0.05, 0.1) is 22.2 Å². The molecule has 7 rings (SSSR count). The molecule has 0 N–H and O–H groups in total. The number of hydrogen-bond acceptors (Lipinski definition) is 3. The van der Waals surface area contributed by atoms with Crippen molar-refractivity contribution < 1.29 is 13.7 Å². The van der Waals surface area contributed by atoms with Crippen LogP contribution in [0.5, 0.6) is 0 Å². The molecule has 4 aromatic carbocycles. The minimum atomic E-state index is -0.544. The molecule has 1 fully saturated rings. The molecule has 0 atom stereocenters. The first-order chi connectivity index (χ1) is 18.4. The standard InChI is InChI=1S/C34H34BNO3/c1-19-13-21(3)30-25(15-19)26-16-20(2)14-22(4)31(26)36(30)23-17-27-24-11-9-10-12-29(24)37-32(27)28(18-23)35-38-33(5,6)34(7,8)39-35/h9-18H,1-8H3. The average molecular weight is 515 g/mol. The van der Waals surface area contributed by atoms with Crippen LogP contribution in [-0.4, -0.2) is 22.9 Å². The highest BCUT2D eigenvalue weighted by molar-refractivity contribution is 6.65. The molecule has 1 saturated heterocycles. The SMILES string of the molecule is Cc1cc(C)c2c(c1)c1cc(C)cc(C)c1n2-c1cc(B2OC(C)(C)C(C)(C)O2)c2oc3ccccc3c2c1. The van der Waals surface area contributed by atoms with Gasteiger partial charge in [-0.3, -0.25) is 0 Å². The molecular weight excluding hydrogens is 481 g/mol. The van der Waals surface area contributed by atoms with Gasteiger partial charge in [-0.15, -0.1) is 0 Å². The first-order valence-corrected chi connectivity index (χ1v) is 13.8. The van der Waals surface area contributed by atoms with E-state index in [2.05, 4.69) is 108 Å². The van der Waals surface area contributed by atoms with Crippen LogP contribution in [0.1, 0.15) is 49.9 Å². The number of para-hydroxylation sites is 1. The third kappa shape index (κ3) is 3.46. The molecule has 0 unspecified atom stereocenters. The predicted octanol–water partition coefficient (Wildman–Crippen LogP) is 8.22. The summed E-state index contributed by atoms with van der Waals surface area (Å²) >= 11 is 0. The van der Waals surface area contributed by atoms with Crippen LogP contribution in [0.2, 0.25) is 0 Å². The Kier molecular flexibility index (Phi) is 5.03. The molecule has 0 aliphatic carbocycles. The number of aryl methyl sites for hydroxylation is 4. The van der Waals surface area contributed by atoms with Crippen molar-refractivity contribution in [2.75, 3.05) is 0 Å². The summed E-state index contributed by atoms with van der Waals surface area (Å²) < 4.78 is 22.1. The lowest BCUT2D eigenvalue weighted by Gasteiger charge is -2.32. The molecule has 0 amide bonds. The number of benzene rings is 4. The average Bonchev–Trinajstić information content (AvgIpc) is 3.45. The van der Waals surface area contributed by atoms with Gasteiger partial charge in [-0.05, 0) is 96.8 Å².